The van der Waals surface area contributed by atoms with E-state index in [0.717, 1.165) is 31.0 Å². The maximum absolute atomic E-state index is 11.1. The summed E-state index contributed by atoms with van der Waals surface area (Å²) >= 11 is 1.76. The molecule has 3 heteroatoms. The van der Waals surface area contributed by atoms with Gasteiger partial charge in [-0.3, -0.25) is 4.79 Å². The van der Waals surface area contributed by atoms with Crippen molar-refractivity contribution in [1.29, 1.82) is 0 Å². The molecule has 94 valence electrons. The van der Waals surface area contributed by atoms with Crippen molar-refractivity contribution in [2.75, 3.05) is 19.0 Å². The largest absolute Gasteiger partial charge is 0.381 e. The topological polar surface area (TPSA) is 26.3 Å². The van der Waals surface area contributed by atoms with Gasteiger partial charge in [0.05, 0.1) is 6.61 Å². The van der Waals surface area contributed by atoms with Crippen molar-refractivity contribution in [1.82, 2.24) is 0 Å². The first-order chi connectivity index (χ1) is 8.24. The molecule has 0 aromatic heterocycles. The molecular weight excluding hydrogens is 232 g/mol. The van der Waals surface area contributed by atoms with Crippen LogP contribution < -0.4 is 0 Å². The Kier molecular flexibility index (Phi) is 6.97. The van der Waals surface area contributed by atoms with E-state index in [1.54, 1.807) is 18.7 Å². The fourth-order valence-corrected chi connectivity index (χ4v) is 2.12. The van der Waals surface area contributed by atoms with Gasteiger partial charge in [0.25, 0.3) is 0 Å². The van der Waals surface area contributed by atoms with E-state index in [2.05, 4.69) is 6.92 Å². The summed E-state index contributed by atoms with van der Waals surface area (Å²) in [6.07, 6.45) is 2.32. The van der Waals surface area contributed by atoms with Crippen LogP contribution >= 0.6 is 11.8 Å². The minimum Gasteiger partial charge on any atom is -0.381 e. The maximum Gasteiger partial charge on any atom is 0.159 e. The first-order valence-corrected chi connectivity index (χ1v) is 7.04. The first-order valence-electron chi connectivity index (χ1n) is 6.05. The highest BCUT2D eigenvalue weighted by molar-refractivity contribution is 7.99. The van der Waals surface area contributed by atoms with Crippen LogP contribution in [0.4, 0.5) is 0 Å². The Hall–Kier alpha value is -0.800. The number of unbranched alkanes of at least 4 members (excludes halogenated alkanes) is 1. The summed E-state index contributed by atoms with van der Waals surface area (Å²) < 4.78 is 5.48. The van der Waals surface area contributed by atoms with Crippen molar-refractivity contribution < 1.29 is 9.53 Å². The summed E-state index contributed by atoms with van der Waals surface area (Å²) in [4.78, 5) is 12.3. The molecule has 0 radical (unpaired) electrons. The lowest BCUT2D eigenvalue weighted by Gasteiger charge is -2.04. The Morgan fingerprint density at radius 3 is 2.53 bits per heavy atom. The predicted molar refractivity (Wildman–Crippen MR) is 72.9 cm³/mol. The number of thioether (sulfide) groups is 1. The zero-order valence-corrected chi connectivity index (χ0v) is 11.4. The average Bonchev–Trinajstić information content (AvgIpc) is 2.34. The lowest BCUT2D eigenvalue weighted by atomic mass is 10.2. The molecule has 1 aromatic carbocycles. The second-order valence-electron chi connectivity index (χ2n) is 3.89. The van der Waals surface area contributed by atoms with Crippen molar-refractivity contribution >= 4 is 17.5 Å². The summed E-state index contributed by atoms with van der Waals surface area (Å²) in [5.41, 5.74) is 0.772. The lowest BCUT2D eigenvalue weighted by molar-refractivity contribution is 0.101. The van der Waals surface area contributed by atoms with Crippen molar-refractivity contribution in [3.05, 3.63) is 29.8 Å². The molecule has 0 aliphatic rings. The van der Waals surface area contributed by atoms with Crippen LogP contribution in [0.1, 0.15) is 37.0 Å². The van der Waals surface area contributed by atoms with Gasteiger partial charge in [-0.1, -0.05) is 25.5 Å². The highest BCUT2D eigenvalue weighted by atomic mass is 32.2. The van der Waals surface area contributed by atoms with Gasteiger partial charge in [0.1, 0.15) is 0 Å². The summed E-state index contributed by atoms with van der Waals surface area (Å²) in [6.45, 7) is 5.40. The van der Waals surface area contributed by atoms with E-state index < -0.39 is 0 Å². The molecule has 0 bridgehead atoms. The van der Waals surface area contributed by atoms with E-state index >= 15 is 0 Å². The molecule has 0 saturated heterocycles. The van der Waals surface area contributed by atoms with Gasteiger partial charge in [-0.2, -0.15) is 0 Å². The van der Waals surface area contributed by atoms with Gasteiger partial charge in [-0.25, -0.2) is 0 Å². The molecule has 2 nitrogen and oxygen atoms in total. The minimum absolute atomic E-state index is 0.115. The third-order valence-electron chi connectivity index (χ3n) is 2.40. The number of carbonyl (C=O) groups is 1. The fraction of sp³-hybridized carbons (Fsp3) is 0.500. The predicted octanol–water partition coefficient (Wildman–Crippen LogP) is 3.80. The molecule has 0 amide bonds. The van der Waals surface area contributed by atoms with Gasteiger partial charge in [0.2, 0.25) is 0 Å². The zero-order valence-electron chi connectivity index (χ0n) is 10.6. The molecule has 0 unspecified atom stereocenters. The Balaban J connectivity index is 2.21. The van der Waals surface area contributed by atoms with Gasteiger partial charge in [0.15, 0.2) is 5.78 Å². The number of benzene rings is 1. The molecule has 0 aliphatic carbocycles. The second kappa shape index (κ2) is 8.31. The van der Waals surface area contributed by atoms with E-state index in [0.29, 0.717) is 0 Å². The number of Topliss-reactive ketones (excluding diaryl/α,β-unsaturated/α-hetero) is 1. The monoisotopic (exact) mass is 252 g/mol. The molecule has 0 N–H and O–H groups in total. The standard InChI is InChI=1S/C14H20O2S/c1-3-4-9-16-10-11-17-14-7-5-13(6-8-14)12(2)15/h5-8H,3-4,9-11H2,1-2H3. The summed E-state index contributed by atoms with van der Waals surface area (Å²) in [7, 11) is 0. The van der Waals surface area contributed by atoms with Gasteiger partial charge < -0.3 is 4.74 Å². The third-order valence-corrected chi connectivity index (χ3v) is 3.38. The van der Waals surface area contributed by atoms with Crippen LogP contribution in [0.25, 0.3) is 0 Å². The Bertz CT molecular complexity index is 333. The van der Waals surface area contributed by atoms with Crippen LogP contribution in [0.3, 0.4) is 0 Å². The van der Waals surface area contributed by atoms with E-state index in [9.17, 15) is 4.79 Å². The molecule has 1 aromatic rings. The van der Waals surface area contributed by atoms with Crippen LogP contribution in [0.5, 0.6) is 0 Å². The quantitative estimate of drug-likeness (QED) is 0.400. The molecular formula is C14H20O2S. The van der Waals surface area contributed by atoms with Crippen LogP contribution in [-0.2, 0) is 4.74 Å². The number of ketones is 1. The highest BCUT2D eigenvalue weighted by Gasteiger charge is 1.99. The summed E-state index contributed by atoms with van der Waals surface area (Å²) in [5, 5.41) is 0. The van der Waals surface area contributed by atoms with Crippen molar-refractivity contribution in [3.63, 3.8) is 0 Å². The SMILES string of the molecule is CCCCOCCSc1ccc(C(C)=O)cc1. The molecule has 0 aliphatic heterocycles. The van der Waals surface area contributed by atoms with E-state index in [1.165, 1.54) is 11.3 Å². The number of hydrogen-bond donors (Lipinski definition) is 0. The van der Waals surface area contributed by atoms with Crippen LogP contribution in [0.15, 0.2) is 29.2 Å². The number of carbonyl (C=O) groups excluding carboxylic acids is 1. The van der Waals surface area contributed by atoms with Crippen molar-refractivity contribution in [2.24, 2.45) is 0 Å². The van der Waals surface area contributed by atoms with Crippen LogP contribution in [0, 0.1) is 0 Å². The molecule has 1 rings (SSSR count). The normalized spacial score (nSPS) is 10.5. The van der Waals surface area contributed by atoms with E-state index in [-0.39, 0.29) is 5.78 Å². The molecule has 0 fully saturated rings. The first kappa shape index (κ1) is 14.3. The second-order valence-corrected chi connectivity index (χ2v) is 5.06. The number of rotatable bonds is 8. The third kappa shape index (κ3) is 5.89. The van der Waals surface area contributed by atoms with Gasteiger partial charge in [0, 0.05) is 22.8 Å². The molecule has 17 heavy (non-hydrogen) atoms. The lowest BCUT2D eigenvalue weighted by Crippen LogP contribution is -1.98. The van der Waals surface area contributed by atoms with Crippen LogP contribution in [-0.4, -0.2) is 24.7 Å². The average molecular weight is 252 g/mol. The summed E-state index contributed by atoms with van der Waals surface area (Å²) in [6, 6.07) is 7.74. The van der Waals surface area contributed by atoms with E-state index in [1.807, 2.05) is 24.3 Å². The Morgan fingerprint density at radius 1 is 1.24 bits per heavy atom. The van der Waals surface area contributed by atoms with E-state index in [4.69, 9.17) is 4.74 Å². The molecule has 0 atom stereocenters. The zero-order chi connectivity index (χ0) is 12.5. The van der Waals surface area contributed by atoms with Gasteiger partial charge in [-0.15, -0.1) is 11.8 Å². The highest BCUT2D eigenvalue weighted by Crippen LogP contribution is 2.18. The number of ether oxygens (including phenoxy) is 1. The molecule has 0 heterocycles. The maximum atomic E-state index is 11.1. The molecule has 0 saturated carbocycles. The van der Waals surface area contributed by atoms with Gasteiger partial charge in [-0.05, 0) is 25.5 Å². The number of hydrogen-bond acceptors (Lipinski definition) is 3. The fourth-order valence-electron chi connectivity index (χ4n) is 1.35. The molecule has 0 spiro atoms. The smallest absolute Gasteiger partial charge is 0.159 e. The van der Waals surface area contributed by atoms with Gasteiger partial charge >= 0.3 is 0 Å². The summed E-state index contributed by atoms with van der Waals surface area (Å²) in [5.74, 6) is 1.08. The minimum atomic E-state index is 0.115. The van der Waals surface area contributed by atoms with Crippen molar-refractivity contribution in [3.8, 4) is 0 Å². The Morgan fingerprint density at radius 2 is 1.94 bits per heavy atom. The van der Waals surface area contributed by atoms with Crippen molar-refractivity contribution in [2.45, 2.75) is 31.6 Å². The Labute approximate surface area is 108 Å². The van der Waals surface area contributed by atoms with Crippen LogP contribution in [0.2, 0.25) is 0 Å².